The molecule has 1 N–H and O–H groups in total. The minimum absolute atomic E-state index is 0.331. The fourth-order valence-electron chi connectivity index (χ4n) is 3.15. The summed E-state index contributed by atoms with van der Waals surface area (Å²) in [6, 6.07) is 20.5. The summed E-state index contributed by atoms with van der Waals surface area (Å²) in [6.45, 7) is 1.65. The first kappa shape index (κ1) is 19.3. The molecule has 1 atom stereocenters. The van der Waals surface area contributed by atoms with Gasteiger partial charge in [-0.25, -0.2) is 4.79 Å². The van der Waals surface area contributed by atoms with Gasteiger partial charge in [0.1, 0.15) is 11.8 Å². The largest absolute Gasteiger partial charge is 0.493 e. The molecule has 0 aliphatic heterocycles. The molecule has 3 aromatic carbocycles. The highest BCUT2D eigenvalue weighted by Gasteiger charge is 2.21. The summed E-state index contributed by atoms with van der Waals surface area (Å²) in [6.07, 6.45) is 0. The molecule has 4 aromatic rings. The van der Waals surface area contributed by atoms with Crippen molar-refractivity contribution in [3.05, 3.63) is 83.3 Å². The lowest BCUT2D eigenvalue weighted by Crippen LogP contribution is -2.29. The van der Waals surface area contributed by atoms with Crippen LogP contribution >= 0.6 is 0 Å². The van der Waals surface area contributed by atoms with Crippen molar-refractivity contribution in [2.24, 2.45) is 0 Å². The molecule has 7 nitrogen and oxygen atoms in total. The minimum atomic E-state index is -0.745. The van der Waals surface area contributed by atoms with Crippen molar-refractivity contribution in [3.63, 3.8) is 0 Å². The predicted molar refractivity (Wildman–Crippen MR) is 113 cm³/mol. The maximum Gasteiger partial charge on any atom is 0.420 e. The van der Waals surface area contributed by atoms with Crippen LogP contribution in [0.4, 0.5) is 5.69 Å². The minimum Gasteiger partial charge on any atom is -0.493 e. The molecule has 0 bridgehead atoms. The van der Waals surface area contributed by atoms with E-state index in [1.165, 1.54) is 4.57 Å². The lowest BCUT2D eigenvalue weighted by atomic mass is 10.2. The highest BCUT2D eigenvalue weighted by molar-refractivity contribution is 5.94. The maximum absolute atomic E-state index is 12.7. The number of hydrogen-bond donors (Lipinski definition) is 1. The fraction of sp³-hybridized carbons (Fsp3) is 0.130. The van der Waals surface area contributed by atoms with Crippen LogP contribution < -0.4 is 20.5 Å². The quantitative estimate of drug-likeness (QED) is 0.508. The fourth-order valence-corrected chi connectivity index (χ4v) is 3.15. The number of aromatic nitrogens is 1. The molecule has 30 heavy (non-hydrogen) atoms. The van der Waals surface area contributed by atoms with E-state index >= 15 is 0 Å². The van der Waals surface area contributed by atoms with Gasteiger partial charge in [0.05, 0.1) is 12.6 Å². The van der Waals surface area contributed by atoms with Crippen LogP contribution in [-0.2, 0) is 4.79 Å². The molecule has 4 rings (SSSR count). The molecule has 0 saturated heterocycles. The molecule has 1 heterocycles. The smallest absolute Gasteiger partial charge is 0.420 e. The van der Waals surface area contributed by atoms with Crippen molar-refractivity contribution in [1.82, 2.24) is 4.57 Å². The molecule has 1 aromatic heterocycles. The number of methoxy groups -OCH3 is 1. The van der Waals surface area contributed by atoms with Crippen molar-refractivity contribution in [2.45, 2.75) is 13.0 Å². The van der Waals surface area contributed by atoms with E-state index in [0.717, 1.165) is 0 Å². The number of carbonyl (C=O) groups is 1. The first-order valence-electron chi connectivity index (χ1n) is 9.38. The number of rotatable bonds is 6. The third-order valence-electron chi connectivity index (χ3n) is 4.70. The van der Waals surface area contributed by atoms with Crippen LogP contribution in [0, 0.1) is 0 Å². The van der Waals surface area contributed by atoms with Crippen molar-refractivity contribution in [1.29, 1.82) is 0 Å². The summed E-state index contributed by atoms with van der Waals surface area (Å²) >= 11 is 0. The first-order chi connectivity index (χ1) is 14.6. The van der Waals surface area contributed by atoms with E-state index in [1.807, 2.05) is 24.3 Å². The maximum atomic E-state index is 12.7. The molecule has 0 radical (unpaired) electrons. The monoisotopic (exact) mass is 404 g/mol. The summed E-state index contributed by atoms with van der Waals surface area (Å²) < 4.78 is 17.7. The Hall–Kier alpha value is -4.00. The van der Waals surface area contributed by atoms with E-state index in [0.29, 0.717) is 34.0 Å². The highest BCUT2D eigenvalue weighted by Crippen LogP contribution is 2.31. The van der Waals surface area contributed by atoms with Gasteiger partial charge in [0.2, 0.25) is 5.91 Å². The van der Waals surface area contributed by atoms with Gasteiger partial charge in [-0.3, -0.25) is 9.36 Å². The van der Waals surface area contributed by atoms with E-state index in [-0.39, 0.29) is 5.91 Å². The molecular weight excluding hydrogens is 384 g/mol. The third-order valence-corrected chi connectivity index (χ3v) is 4.70. The predicted octanol–water partition coefficient (Wildman–Crippen LogP) is 4.60. The number of amides is 1. The SMILES string of the molecule is COc1ccccc1Oc1ccc(NC(=O)C(C)n2c(=O)oc3ccccc32)cc1. The number of nitrogens with one attached hydrogen (secondary N) is 1. The highest BCUT2D eigenvalue weighted by atomic mass is 16.5. The molecule has 152 valence electrons. The van der Waals surface area contributed by atoms with E-state index in [4.69, 9.17) is 13.9 Å². The molecule has 0 fully saturated rings. The van der Waals surface area contributed by atoms with E-state index in [2.05, 4.69) is 5.32 Å². The van der Waals surface area contributed by atoms with Gasteiger partial charge in [0, 0.05) is 5.69 Å². The standard InChI is InChI=1S/C23H20N2O5/c1-15(25-18-7-3-4-8-19(18)30-23(25)27)22(26)24-16-11-13-17(14-12-16)29-21-10-6-5-9-20(21)28-2/h3-15H,1-2H3,(H,24,26). The number of nitrogens with zero attached hydrogens (tertiary/aromatic N) is 1. The number of anilines is 1. The Labute approximate surface area is 172 Å². The van der Waals surface area contributed by atoms with Crippen LogP contribution in [0.3, 0.4) is 0 Å². The summed E-state index contributed by atoms with van der Waals surface area (Å²) in [7, 11) is 1.58. The molecule has 7 heteroatoms. The van der Waals surface area contributed by atoms with E-state index in [1.54, 1.807) is 62.6 Å². The number of oxazole rings is 1. The second-order valence-electron chi connectivity index (χ2n) is 6.65. The van der Waals surface area contributed by atoms with Gasteiger partial charge in [0.15, 0.2) is 17.1 Å². The zero-order valence-electron chi connectivity index (χ0n) is 16.5. The van der Waals surface area contributed by atoms with Crippen molar-refractivity contribution in [2.75, 3.05) is 12.4 Å². The Balaban J connectivity index is 1.48. The van der Waals surface area contributed by atoms with Crippen LogP contribution in [0.25, 0.3) is 11.1 Å². The number of carbonyl (C=O) groups excluding carboxylic acids is 1. The van der Waals surface area contributed by atoms with Crippen LogP contribution in [0.5, 0.6) is 17.2 Å². The van der Waals surface area contributed by atoms with E-state index in [9.17, 15) is 9.59 Å². The summed E-state index contributed by atoms with van der Waals surface area (Å²) in [5, 5.41) is 2.81. The lowest BCUT2D eigenvalue weighted by molar-refractivity contribution is -0.118. The third kappa shape index (κ3) is 3.77. The zero-order chi connectivity index (χ0) is 21.1. The second-order valence-corrected chi connectivity index (χ2v) is 6.65. The van der Waals surface area contributed by atoms with Crippen molar-refractivity contribution >= 4 is 22.7 Å². The molecule has 1 amide bonds. The lowest BCUT2D eigenvalue weighted by Gasteiger charge is -2.14. The molecule has 1 unspecified atom stereocenters. The van der Waals surface area contributed by atoms with Gasteiger partial charge in [-0.15, -0.1) is 0 Å². The van der Waals surface area contributed by atoms with Gasteiger partial charge in [0.25, 0.3) is 0 Å². The number of benzene rings is 3. The van der Waals surface area contributed by atoms with Crippen LogP contribution in [0.1, 0.15) is 13.0 Å². The molecule has 0 saturated carbocycles. The zero-order valence-corrected chi connectivity index (χ0v) is 16.5. The number of para-hydroxylation sites is 4. The Morgan fingerprint density at radius 1 is 0.967 bits per heavy atom. The second kappa shape index (κ2) is 8.16. The Bertz CT molecular complexity index is 1240. The Morgan fingerprint density at radius 2 is 1.63 bits per heavy atom. The number of hydrogen-bond acceptors (Lipinski definition) is 5. The van der Waals surface area contributed by atoms with Gasteiger partial charge < -0.3 is 19.2 Å². The van der Waals surface area contributed by atoms with E-state index < -0.39 is 11.8 Å². The van der Waals surface area contributed by atoms with Crippen molar-refractivity contribution in [3.8, 4) is 17.2 Å². The van der Waals surface area contributed by atoms with Crippen molar-refractivity contribution < 1.29 is 18.7 Å². The normalized spacial score (nSPS) is 11.8. The Morgan fingerprint density at radius 3 is 2.37 bits per heavy atom. The van der Waals surface area contributed by atoms with Gasteiger partial charge in [-0.05, 0) is 55.5 Å². The Kier molecular flexibility index (Phi) is 5.26. The average Bonchev–Trinajstić information content (AvgIpc) is 3.10. The topological polar surface area (TPSA) is 82.7 Å². The average molecular weight is 404 g/mol. The van der Waals surface area contributed by atoms with Gasteiger partial charge in [-0.2, -0.15) is 0 Å². The first-order valence-corrected chi connectivity index (χ1v) is 9.38. The summed E-state index contributed by atoms with van der Waals surface area (Å²) in [4.78, 5) is 24.9. The van der Waals surface area contributed by atoms with Gasteiger partial charge >= 0.3 is 5.76 Å². The molecular formula is C23H20N2O5. The summed E-state index contributed by atoms with van der Waals surface area (Å²) in [5.74, 6) is 0.919. The number of fused-ring (bicyclic) bond motifs is 1. The summed E-state index contributed by atoms with van der Waals surface area (Å²) in [5.41, 5.74) is 1.60. The van der Waals surface area contributed by atoms with Crippen LogP contribution in [0.15, 0.2) is 82.0 Å². The van der Waals surface area contributed by atoms with Gasteiger partial charge in [-0.1, -0.05) is 24.3 Å². The molecule has 0 spiro atoms. The molecule has 0 aliphatic rings. The van der Waals surface area contributed by atoms with Crippen LogP contribution in [-0.4, -0.2) is 17.6 Å². The number of ether oxygens (including phenoxy) is 2. The molecule has 0 aliphatic carbocycles. The van der Waals surface area contributed by atoms with Crippen LogP contribution in [0.2, 0.25) is 0 Å².